The molecule has 0 atom stereocenters. The van der Waals surface area contributed by atoms with Gasteiger partial charge in [0.25, 0.3) is 0 Å². The molecule has 0 aliphatic heterocycles. The van der Waals surface area contributed by atoms with Crippen LogP contribution in [-0.4, -0.2) is 56.4 Å². The molecule has 1 aromatic heterocycles. The van der Waals surface area contributed by atoms with Crippen molar-refractivity contribution in [3.8, 4) is 0 Å². The van der Waals surface area contributed by atoms with Gasteiger partial charge in [0.05, 0.1) is 0 Å². The Labute approximate surface area is 128 Å². The molecule has 122 valence electrons. The Hall–Kier alpha value is -0.890. The van der Waals surface area contributed by atoms with Crippen molar-refractivity contribution >= 4 is 10.0 Å². The van der Waals surface area contributed by atoms with Crippen LogP contribution in [0.3, 0.4) is 0 Å². The predicted molar refractivity (Wildman–Crippen MR) is 85.6 cm³/mol. The number of hydrogen-bond acceptors (Lipinski definition) is 4. The van der Waals surface area contributed by atoms with Gasteiger partial charge >= 0.3 is 0 Å². The van der Waals surface area contributed by atoms with E-state index in [1.807, 2.05) is 23.6 Å². The van der Waals surface area contributed by atoms with Crippen LogP contribution in [0.5, 0.6) is 0 Å². The van der Waals surface area contributed by atoms with E-state index in [9.17, 15) is 8.42 Å². The Morgan fingerprint density at radius 1 is 1.24 bits per heavy atom. The Bertz CT molecular complexity index is 537. The van der Waals surface area contributed by atoms with Gasteiger partial charge in [-0.3, -0.25) is 0 Å². The van der Waals surface area contributed by atoms with Gasteiger partial charge in [-0.2, -0.15) is 0 Å². The van der Waals surface area contributed by atoms with Crippen molar-refractivity contribution in [3.63, 3.8) is 0 Å². The van der Waals surface area contributed by atoms with Crippen LogP contribution >= 0.6 is 0 Å². The molecule has 0 amide bonds. The first kappa shape index (κ1) is 18.2. The number of nitrogens with two attached hydrogens (primary N) is 1. The van der Waals surface area contributed by atoms with E-state index in [1.54, 1.807) is 19.3 Å². The highest BCUT2D eigenvalue weighted by atomic mass is 32.2. The second-order valence-corrected chi connectivity index (χ2v) is 7.59. The molecule has 2 N–H and O–H groups in total. The molecule has 7 heteroatoms. The SMILES string of the molecule is CCCn1cc(S(=O)(=O)N(C)CCCN(C)C)cc1CN. The molecule has 0 aliphatic rings. The predicted octanol–water partition coefficient (Wildman–Crippen LogP) is 0.929. The summed E-state index contributed by atoms with van der Waals surface area (Å²) in [6.07, 6.45) is 3.45. The van der Waals surface area contributed by atoms with Crippen LogP contribution in [-0.2, 0) is 23.1 Å². The molecule has 0 spiro atoms. The maximum atomic E-state index is 12.6. The van der Waals surface area contributed by atoms with Gasteiger partial charge in [0.15, 0.2) is 0 Å². The first-order valence-electron chi connectivity index (χ1n) is 7.33. The lowest BCUT2D eigenvalue weighted by molar-refractivity contribution is 0.370. The van der Waals surface area contributed by atoms with Crippen molar-refractivity contribution in [2.45, 2.75) is 37.8 Å². The van der Waals surface area contributed by atoms with Gasteiger partial charge in [0.2, 0.25) is 10.0 Å². The molecule has 0 bridgehead atoms. The van der Waals surface area contributed by atoms with Crippen molar-refractivity contribution in [2.75, 3.05) is 34.2 Å². The minimum atomic E-state index is -3.43. The summed E-state index contributed by atoms with van der Waals surface area (Å²) in [5.41, 5.74) is 6.55. The molecule has 6 nitrogen and oxygen atoms in total. The summed E-state index contributed by atoms with van der Waals surface area (Å²) in [5.74, 6) is 0. The maximum Gasteiger partial charge on any atom is 0.244 e. The summed E-state index contributed by atoms with van der Waals surface area (Å²) in [6.45, 7) is 4.57. The molecule has 21 heavy (non-hydrogen) atoms. The van der Waals surface area contributed by atoms with E-state index in [2.05, 4.69) is 6.92 Å². The second kappa shape index (κ2) is 7.93. The average Bonchev–Trinajstić information content (AvgIpc) is 2.82. The number of hydrogen-bond donors (Lipinski definition) is 1. The van der Waals surface area contributed by atoms with Crippen molar-refractivity contribution < 1.29 is 8.42 Å². The lowest BCUT2D eigenvalue weighted by Gasteiger charge is -2.17. The summed E-state index contributed by atoms with van der Waals surface area (Å²) in [5, 5.41) is 0. The lowest BCUT2D eigenvalue weighted by atomic mass is 10.4. The number of nitrogens with zero attached hydrogens (tertiary/aromatic N) is 3. The van der Waals surface area contributed by atoms with E-state index >= 15 is 0 Å². The topological polar surface area (TPSA) is 71.6 Å². The van der Waals surface area contributed by atoms with E-state index in [0.717, 1.165) is 31.6 Å². The highest BCUT2D eigenvalue weighted by Crippen LogP contribution is 2.18. The first-order valence-corrected chi connectivity index (χ1v) is 8.77. The zero-order chi connectivity index (χ0) is 16.0. The van der Waals surface area contributed by atoms with E-state index in [-0.39, 0.29) is 0 Å². The van der Waals surface area contributed by atoms with Crippen LogP contribution in [0.25, 0.3) is 0 Å². The molecule has 0 unspecified atom stereocenters. The smallest absolute Gasteiger partial charge is 0.244 e. The monoisotopic (exact) mass is 316 g/mol. The van der Waals surface area contributed by atoms with Gasteiger partial charge in [-0.05, 0) is 39.5 Å². The summed E-state index contributed by atoms with van der Waals surface area (Å²) in [4.78, 5) is 2.38. The fraction of sp³-hybridized carbons (Fsp3) is 0.714. The second-order valence-electron chi connectivity index (χ2n) is 5.55. The van der Waals surface area contributed by atoms with Crippen LogP contribution < -0.4 is 5.73 Å². The molecule has 0 fully saturated rings. The van der Waals surface area contributed by atoms with Gasteiger partial charge in [-0.15, -0.1) is 0 Å². The molecule has 1 aromatic rings. The number of aryl methyl sites for hydroxylation is 1. The van der Waals surface area contributed by atoms with Crippen molar-refractivity contribution in [3.05, 3.63) is 18.0 Å². The molecule has 0 radical (unpaired) electrons. The third-order valence-corrected chi connectivity index (χ3v) is 5.24. The van der Waals surface area contributed by atoms with E-state index in [0.29, 0.717) is 18.0 Å². The molecular weight excluding hydrogens is 288 g/mol. The van der Waals surface area contributed by atoms with E-state index < -0.39 is 10.0 Å². The van der Waals surface area contributed by atoms with Crippen LogP contribution in [0.15, 0.2) is 17.2 Å². The highest BCUT2D eigenvalue weighted by Gasteiger charge is 2.23. The zero-order valence-corrected chi connectivity index (χ0v) is 14.4. The van der Waals surface area contributed by atoms with Crippen LogP contribution in [0, 0.1) is 0 Å². The highest BCUT2D eigenvalue weighted by molar-refractivity contribution is 7.89. The Morgan fingerprint density at radius 2 is 1.90 bits per heavy atom. The number of aromatic nitrogens is 1. The summed E-state index contributed by atoms with van der Waals surface area (Å²) in [7, 11) is 2.16. The first-order chi connectivity index (χ1) is 9.82. The molecule has 1 heterocycles. The third kappa shape index (κ3) is 4.81. The number of sulfonamides is 1. The van der Waals surface area contributed by atoms with Crippen LogP contribution in [0.1, 0.15) is 25.5 Å². The van der Waals surface area contributed by atoms with Crippen molar-refractivity contribution in [2.24, 2.45) is 5.73 Å². The lowest BCUT2D eigenvalue weighted by Crippen LogP contribution is -2.29. The molecule has 0 aromatic carbocycles. The summed E-state index contributed by atoms with van der Waals surface area (Å²) in [6, 6.07) is 1.69. The molecule has 0 aliphatic carbocycles. The van der Waals surface area contributed by atoms with E-state index in [1.165, 1.54) is 4.31 Å². The zero-order valence-electron chi connectivity index (χ0n) is 13.5. The van der Waals surface area contributed by atoms with Gasteiger partial charge in [-0.1, -0.05) is 6.92 Å². The fourth-order valence-electron chi connectivity index (χ4n) is 2.20. The van der Waals surface area contributed by atoms with E-state index in [4.69, 9.17) is 5.73 Å². The maximum absolute atomic E-state index is 12.6. The van der Waals surface area contributed by atoms with Gasteiger partial charge in [0.1, 0.15) is 4.90 Å². The Kier molecular flexibility index (Phi) is 6.86. The normalized spacial score (nSPS) is 12.5. The molecular formula is C14H28N4O2S. The summed E-state index contributed by atoms with van der Waals surface area (Å²) >= 11 is 0. The molecule has 0 saturated carbocycles. The fourth-order valence-corrected chi connectivity index (χ4v) is 3.47. The van der Waals surface area contributed by atoms with Gasteiger partial charge < -0.3 is 15.2 Å². The largest absolute Gasteiger partial charge is 0.349 e. The van der Waals surface area contributed by atoms with Crippen molar-refractivity contribution in [1.82, 2.24) is 13.8 Å². The minimum absolute atomic E-state index is 0.337. The van der Waals surface area contributed by atoms with Crippen molar-refractivity contribution in [1.29, 1.82) is 0 Å². The Balaban J connectivity index is 2.86. The standard InChI is InChI=1S/C14H28N4O2S/c1-5-7-18-12-14(10-13(18)11-15)21(19,20)17(4)9-6-8-16(2)3/h10,12H,5-9,11,15H2,1-4H3. The summed E-state index contributed by atoms with van der Waals surface area (Å²) < 4.78 is 28.5. The minimum Gasteiger partial charge on any atom is -0.349 e. The molecule has 0 saturated heterocycles. The van der Waals surface area contributed by atoms with Gasteiger partial charge in [0, 0.05) is 38.6 Å². The van der Waals surface area contributed by atoms with Gasteiger partial charge in [-0.25, -0.2) is 12.7 Å². The van der Waals surface area contributed by atoms with Crippen LogP contribution in [0.2, 0.25) is 0 Å². The average molecular weight is 316 g/mol. The quantitative estimate of drug-likeness (QED) is 0.736. The van der Waals surface area contributed by atoms with Crippen LogP contribution in [0.4, 0.5) is 0 Å². The third-order valence-electron chi connectivity index (χ3n) is 3.42. The number of rotatable bonds is 9. The Morgan fingerprint density at radius 3 is 2.43 bits per heavy atom. The molecule has 1 rings (SSSR count).